The number of aliphatic hydroxyl groups is 1. The van der Waals surface area contributed by atoms with Crippen LogP contribution in [0.1, 0.15) is 31.2 Å². The number of benzene rings is 1. The van der Waals surface area contributed by atoms with E-state index in [9.17, 15) is 13.5 Å². The first kappa shape index (κ1) is 16.2. The summed E-state index contributed by atoms with van der Waals surface area (Å²) in [4.78, 5) is -0.124. The summed E-state index contributed by atoms with van der Waals surface area (Å²) in [6.07, 6.45) is 2.97. The fraction of sp³-hybridized carbons (Fsp3) is 0.500. The maximum atomic E-state index is 12.6. The highest BCUT2D eigenvalue weighted by atomic mass is 35.5. The van der Waals surface area contributed by atoms with Gasteiger partial charge in [-0.15, -0.1) is 0 Å². The van der Waals surface area contributed by atoms with E-state index in [1.165, 1.54) is 25.2 Å². The van der Waals surface area contributed by atoms with Gasteiger partial charge in [-0.1, -0.05) is 30.5 Å². The predicted octanol–water partition coefficient (Wildman–Crippen LogP) is 2.14. The Balaban J connectivity index is 2.34. The van der Waals surface area contributed by atoms with Crippen LogP contribution in [0.2, 0.25) is 5.02 Å². The molecule has 1 N–H and O–H groups in total. The van der Waals surface area contributed by atoms with Gasteiger partial charge in [0.15, 0.2) is 0 Å². The molecule has 0 aromatic heterocycles. The van der Waals surface area contributed by atoms with E-state index in [0.717, 1.165) is 17.1 Å². The van der Waals surface area contributed by atoms with Crippen LogP contribution in [0.5, 0.6) is 0 Å². The summed E-state index contributed by atoms with van der Waals surface area (Å²) in [5.41, 5.74) is -1.04. The lowest BCUT2D eigenvalue weighted by atomic mass is 10.0. The zero-order valence-electron chi connectivity index (χ0n) is 11.7. The number of sulfonamides is 1. The monoisotopic (exact) mass is 328 g/mol. The molecule has 1 aromatic rings. The van der Waals surface area contributed by atoms with Gasteiger partial charge < -0.3 is 5.11 Å². The quantitative estimate of drug-likeness (QED) is 0.918. The summed E-state index contributed by atoms with van der Waals surface area (Å²) in [6.45, 7) is 0.0206. The first-order valence-electron chi connectivity index (χ1n) is 6.67. The van der Waals surface area contributed by atoms with Crippen LogP contribution in [0.15, 0.2) is 23.1 Å². The molecule has 0 unspecified atom stereocenters. The summed E-state index contributed by atoms with van der Waals surface area (Å²) < 4.78 is 26.3. The minimum Gasteiger partial charge on any atom is -0.389 e. The fourth-order valence-electron chi connectivity index (χ4n) is 2.69. The summed E-state index contributed by atoms with van der Waals surface area (Å²) >= 11 is 5.88. The van der Waals surface area contributed by atoms with Crippen LogP contribution < -0.4 is 0 Å². The number of nitrogens with zero attached hydrogens (tertiary/aromatic N) is 2. The van der Waals surface area contributed by atoms with E-state index in [-0.39, 0.29) is 22.0 Å². The lowest BCUT2D eigenvalue weighted by molar-refractivity contribution is 0.0333. The zero-order valence-corrected chi connectivity index (χ0v) is 13.3. The molecule has 0 saturated heterocycles. The molecule has 1 fully saturated rings. The summed E-state index contributed by atoms with van der Waals surface area (Å²) in [5.74, 6) is 0. The molecule has 0 radical (unpaired) electrons. The number of halogens is 1. The van der Waals surface area contributed by atoms with Crippen molar-refractivity contribution in [3.63, 3.8) is 0 Å². The van der Waals surface area contributed by atoms with Gasteiger partial charge in [0.2, 0.25) is 10.0 Å². The molecule has 114 valence electrons. The van der Waals surface area contributed by atoms with Crippen LogP contribution >= 0.6 is 11.6 Å². The molecule has 0 aliphatic heterocycles. The van der Waals surface area contributed by atoms with Crippen LogP contribution in [-0.4, -0.2) is 37.0 Å². The minimum atomic E-state index is -3.86. The Morgan fingerprint density at radius 2 is 2.05 bits per heavy atom. The molecule has 1 saturated carbocycles. The average molecular weight is 329 g/mol. The second-order valence-corrected chi connectivity index (χ2v) is 7.84. The SMILES string of the molecule is CN(CC1(O)CCCC1)S(=O)(=O)c1cccc(Cl)c1C#N. The Morgan fingerprint density at radius 3 is 2.62 bits per heavy atom. The molecule has 5 nitrogen and oxygen atoms in total. The van der Waals surface area contributed by atoms with Crippen molar-refractivity contribution in [3.8, 4) is 6.07 Å². The topological polar surface area (TPSA) is 81.4 Å². The highest BCUT2D eigenvalue weighted by Crippen LogP contribution is 2.32. The number of hydrogen-bond donors (Lipinski definition) is 1. The van der Waals surface area contributed by atoms with Crippen molar-refractivity contribution in [3.05, 3.63) is 28.8 Å². The van der Waals surface area contributed by atoms with E-state index >= 15 is 0 Å². The molecular formula is C14H17ClN2O3S. The Labute approximate surface area is 129 Å². The van der Waals surface area contributed by atoms with Gasteiger partial charge in [0.05, 0.1) is 16.2 Å². The first-order valence-corrected chi connectivity index (χ1v) is 8.49. The molecule has 21 heavy (non-hydrogen) atoms. The molecule has 2 rings (SSSR count). The number of nitriles is 1. The summed E-state index contributed by atoms with van der Waals surface area (Å²) in [7, 11) is -2.45. The summed E-state index contributed by atoms with van der Waals surface area (Å²) in [6, 6.07) is 6.15. The minimum absolute atomic E-state index is 0.0206. The molecule has 0 amide bonds. The normalized spacial score (nSPS) is 17.9. The van der Waals surface area contributed by atoms with Gasteiger partial charge in [0.1, 0.15) is 11.0 Å². The van der Waals surface area contributed by atoms with Crippen molar-refractivity contribution in [2.24, 2.45) is 0 Å². The lowest BCUT2D eigenvalue weighted by Gasteiger charge is -2.28. The molecule has 1 aliphatic carbocycles. The van der Waals surface area contributed by atoms with Gasteiger partial charge in [-0.05, 0) is 25.0 Å². The molecule has 0 bridgehead atoms. The second-order valence-electron chi connectivity index (χ2n) is 5.42. The van der Waals surface area contributed by atoms with Gasteiger partial charge in [-0.3, -0.25) is 0 Å². The predicted molar refractivity (Wildman–Crippen MR) is 79.4 cm³/mol. The van der Waals surface area contributed by atoms with Gasteiger partial charge in [0, 0.05) is 13.6 Å². The molecule has 1 aliphatic rings. The van der Waals surface area contributed by atoms with E-state index in [2.05, 4.69) is 0 Å². The molecule has 0 atom stereocenters. The largest absolute Gasteiger partial charge is 0.389 e. The van der Waals surface area contributed by atoms with Gasteiger partial charge >= 0.3 is 0 Å². The van der Waals surface area contributed by atoms with Crippen molar-refractivity contribution in [1.29, 1.82) is 5.26 Å². The second kappa shape index (κ2) is 5.93. The molecular weight excluding hydrogens is 312 g/mol. The van der Waals surface area contributed by atoms with Gasteiger partial charge in [0.25, 0.3) is 0 Å². The van der Waals surface area contributed by atoms with E-state index < -0.39 is 15.6 Å². The molecule has 7 heteroatoms. The lowest BCUT2D eigenvalue weighted by Crippen LogP contribution is -2.42. The Morgan fingerprint density at radius 1 is 1.43 bits per heavy atom. The van der Waals surface area contributed by atoms with E-state index in [0.29, 0.717) is 12.8 Å². The number of rotatable bonds is 4. The van der Waals surface area contributed by atoms with E-state index in [4.69, 9.17) is 16.9 Å². The standard InChI is InChI=1S/C14H17ClN2O3S/c1-17(10-14(18)7-2-3-8-14)21(19,20)13-6-4-5-12(15)11(13)9-16/h4-6,18H,2-3,7-8,10H2,1H3. The third-order valence-corrected chi connectivity index (χ3v) is 5.99. The van der Waals surface area contributed by atoms with Crippen LogP contribution in [0.4, 0.5) is 0 Å². The van der Waals surface area contributed by atoms with Crippen molar-refractivity contribution in [2.75, 3.05) is 13.6 Å². The van der Waals surface area contributed by atoms with Crippen molar-refractivity contribution >= 4 is 21.6 Å². The maximum absolute atomic E-state index is 12.6. The average Bonchev–Trinajstić information content (AvgIpc) is 2.84. The van der Waals surface area contributed by atoms with Crippen LogP contribution in [0, 0.1) is 11.3 Å². The molecule has 0 spiro atoms. The van der Waals surface area contributed by atoms with E-state index in [1.807, 2.05) is 6.07 Å². The highest BCUT2D eigenvalue weighted by Gasteiger charge is 2.36. The Hall–Kier alpha value is -1.13. The first-order chi connectivity index (χ1) is 9.80. The van der Waals surface area contributed by atoms with Crippen molar-refractivity contribution < 1.29 is 13.5 Å². The third-order valence-electron chi connectivity index (χ3n) is 3.83. The van der Waals surface area contributed by atoms with Crippen LogP contribution in [0.25, 0.3) is 0 Å². The Kier molecular flexibility index (Phi) is 4.59. The van der Waals surface area contributed by atoms with Gasteiger partial charge in [-0.2, -0.15) is 9.57 Å². The van der Waals surface area contributed by atoms with Gasteiger partial charge in [-0.25, -0.2) is 8.42 Å². The highest BCUT2D eigenvalue weighted by molar-refractivity contribution is 7.89. The maximum Gasteiger partial charge on any atom is 0.244 e. The van der Waals surface area contributed by atoms with Crippen LogP contribution in [0.3, 0.4) is 0 Å². The summed E-state index contributed by atoms with van der Waals surface area (Å²) in [5, 5.41) is 19.6. The smallest absolute Gasteiger partial charge is 0.244 e. The third kappa shape index (κ3) is 3.22. The molecule has 1 aromatic carbocycles. The van der Waals surface area contributed by atoms with Crippen molar-refractivity contribution in [1.82, 2.24) is 4.31 Å². The van der Waals surface area contributed by atoms with E-state index in [1.54, 1.807) is 0 Å². The Bertz CT molecular complexity index is 676. The molecule has 0 heterocycles. The van der Waals surface area contributed by atoms with Crippen molar-refractivity contribution in [2.45, 2.75) is 36.2 Å². The number of hydrogen-bond acceptors (Lipinski definition) is 4. The number of likely N-dealkylation sites (N-methyl/N-ethyl adjacent to an activating group) is 1. The fourth-order valence-corrected chi connectivity index (χ4v) is 4.37. The van der Waals surface area contributed by atoms with Crippen LogP contribution in [-0.2, 0) is 10.0 Å². The zero-order chi connectivity index (χ0) is 15.7.